The van der Waals surface area contributed by atoms with E-state index in [1.165, 1.54) is 0 Å². The van der Waals surface area contributed by atoms with Gasteiger partial charge in [-0.3, -0.25) is 0 Å². The molecule has 6 aromatic rings. The maximum atomic E-state index is 9.54. The van der Waals surface area contributed by atoms with Crippen molar-refractivity contribution < 1.29 is 0 Å². The summed E-state index contributed by atoms with van der Waals surface area (Å²) in [5.41, 5.74) is 5.25. The summed E-state index contributed by atoms with van der Waals surface area (Å²) in [6, 6.07) is 32.2. The molecule has 4 nitrogen and oxygen atoms in total. The molecule has 150 valence electrons. The minimum atomic E-state index is 0.383. The van der Waals surface area contributed by atoms with Crippen LogP contribution in [0.1, 0.15) is 5.69 Å². The quantitative estimate of drug-likeness (QED) is 0.299. The van der Waals surface area contributed by atoms with Crippen LogP contribution < -0.4 is 0 Å². The van der Waals surface area contributed by atoms with E-state index in [1.54, 1.807) is 0 Å². The van der Waals surface area contributed by atoms with Crippen molar-refractivity contribution in [1.29, 1.82) is 5.26 Å². The normalized spacial score (nSPS) is 11.2. The summed E-state index contributed by atoms with van der Waals surface area (Å²) in [6.07, 6.45) is 0. The third kappa shape index (κ3) is 2.84. The van der Waals surface area contributed by atoms with Gasteiger partial charge in [-0.25, -0.2) is 9.97 Å². The third-order valence-electron chi connectivity index (χ3n) is 5.73. The first-order chi connectivity index (χ1) is 15.7. The smallest absolute Gasteiger partial charge is 0.161 e. The molecule has 0 atom stereocenters. The number of nitriles is 1. The van der Waals surface area contributed by atoms with Crippen molar-refractivity contribution in [3.63, 3.8) is 0 Å². The van der Waals surface area contributed by atoms with E-state index in [-0.39, 0.29) is 0 Å². The Kier molecular flexibility index (Phi) is 4.17. The average molecular weight is 431 g/mol. The lowest BCUT2D eigenvalue weighted by atomic mass is 10.1. The lowest BCUT2D eigenvalue weighted by Crippen LogP contribution is -1.96. The van der Waals surface area contributed by atoms with E-state index in [1.807, 2.05) is 60.7 Å². The van der Waals surface area contributed by atoms with E-state index in [9.17, 15) is 5.26 Å². The molecule has 2 aromatic heterocycles. The van der Waals surface area contributed by atoms with Crippen LogP contribution in [-0.4, -0.2) is 14.5 Å². The van der Waals surface area contributed by atoms with Gasteiger partial charge in [0.05, 0.1) is 16.6 Å². The van der Waals surface area contributed by atoms with Gasteiger partial charge in [0.15, 0.2) is 11.5 Å². The number of fused-ring (bicyclic) bond motifs is 4. The molecule has 32 heavy (non-hydrogen) atoms. The summed E-state index contributed by atoms with van der Waals surface area (Å²) < 4.78 is 2.23. The van der Waals surface area contributed by atoms with E-state index in [4.69, 9.17) is 11.6 Å². The summed E-state index contributed by atoms with van der Waals surface area (Å²) in [5, 5.41) is 13.3. The first-order valence-corrected chi connectivity index (χ1v) is 10.6. The van der Waals surface area contributed by atoms with Crippen LogP contribution in [0.15, 0.2) is 91.0 Å². The first-order valence-electron chi connectivity index (χ1n) is 10.2. The third-order valence-corrected chi connectivity index (χ3v) is 5.96. The molecule has 0 saturated heterocycles. The lowest BCUT2D eigenvalue weighted by Gasteiger charge is -2.09. The van der Waals surface area contributed by atoms with E-state index < -0.39 is 0 Å². The fraction of sp³-hybridized carbons (Fsp3) is 0. The summed E-state index contributed by atoms with van der Waals surface area (Å²) >= 11 is 6.28. The number of rotatable bonds is 2. The zero-order valence-corrected chi connectivity index (χ0v) is 17.6. The molecule has 6 rings (SSSR count). The Hall–Kier alpha value is -4.20. The highest BCUT2D eigenvalue weighted by Gasteiger charge is 2.13. The van der Waals surface area contributed by atoms with Crippen LogP contribution in [-0.2, 0) is 0 Å². The Balaban J connectivity index is 1.52. The van der Waals surface area contributed by atoms with Crippen LogP contribution in [0.2, 0.25) is 5.02 Å². The van der Waals surface area contributed by atoms with Crippen LogP contribution in [0.4, 0.5) is 0 Å². The molecule has 0 bridgehead atoms. The Morgan fingerprint density at radius 2 is 1.44 bits per heavy atom. The molecule has 0 N–H and O–H groups in total. The molecule has 4 aromatic carbocycles. The maximum absolute atomic E-state index is 9.54. The molecule has 0 spiro atoms. The predicted octanol–water partition coefficient (Wildman–Crippen LogP) is 6.92. The van der Waals surface area contributed by atoms with Gasteiger partial charge < -0.3 is 4.57 Å². The Bertz CT molecular complexity index is 1690. The van der Waals surface area contributed by atoms with Gasteiger partial charge in [0, 0.05) is 32.4 Å². The van der Waals surface area contributed by atoms with Gasteiger partial charge in [-0.1, -0.05) is 41.9 Å². The van der Waals surface area contributed by atoms with Crippen LogP contribution in [0.5, 0.6) is 0 Å². The van der Waals surface area contributed by atoms with Gasteiger partial charge in [0.2, 0.25) is 0 Å². The fourth-order valence-corrected chi connectivity index (χ4v) is 4.45. The molecule has 0 radical (unpaired) electrons. The number of aromatic nitrogens is 3. The second kappa shape index (κ2) is 7.19. The highest BCUT2D eigenvalue weighted by Crippen LogP contribution is 2.34. The van der Waals surface area contributed by atoms with Gasteiger partial charge >= 0.3 is 0 Å². The van der Waals surface area contributed by atoms with Crippen LogP contribution in [0, 0.1) is 11.3 Å². The van der Waals surface area contributed by atoms with E-state index in [0.717, 1.165) is 49.0 Å². The predicted molar refractivity (Wildman–Crippen MR) is 129 cm³/mol. The molecular weight excluding hydrogens is 416 g/mol. The first kappa shape index (κ1) is 18.6. The van der Waals surface area contributed by atoms with Crippen LogP contribution >= 0.6 is 11.6 Å². The SMILES string of the molecule is N#Cc1nc(-c2ccc(-n3c4ccccc4c4cc(Cl)ccc43)cc2)nc2ccccc12. The molecule has 0 aliphatic carbocycles. The number of hydrogen-bond acceptors (Lipinski definition) is 3. The summed E-state index contributed by atoms with van der Waals surface area (Å²) in [7, 11) is 0. The van der Waals surface area contributed by atoms with Crippen molar-refractivity contribution in [2.24, 2.45) is 0 Å². The fourth-order valence-electron chi connectivity index (χ4n) is 4.27. The number of benzene rings is 4. The van der Waals surface area contributed by atoms with E-state index in [0.29, 0.717) is 11.5 Å². The standard InChI is InChI=1S/C27H15ClN4/c28-18-11-14-26-22(15-18)20-5-2-4-8-25(20)32(26)19-12-9-17(10-13-19)27-30-23-7-3-1-6-21(23)24(16-29)31-27/h1-15H. The Morgan fingerprint density at radius 3 is 2.25 bits per heavy atom. The minimum absolute atomic E-state index is 0.383. The van der Waals surface area contributed by atoms with Crippen molar-refractivity contribution in [1.82, 2.24) is 14.5 Å². The van der Waals surface area contributed by atoms with Crippen molar-refractivity contribution in [3.05, 3.63) is 102 Å². The summed E-state index contributed by atoms with van der Waals surface area (Å²) in [4.78, 5) is 9.17. The molecule has 2 heterocycles. The van der Waals surface area contributed by atoms with Crippen molar-refractivity contribution >= 4 is 44.3 Å². The van der Waals surface area contributed by atoms with E-state index >= 15 is 0 Å². The van der Waals surface area contributed by atoms with Crippen LogP contribution in [0.25, 0.3) is 49.8 Å². The molecule has 0 unspecified atom stereocenters. The van der Waals surface area contributed by atoms with Crippen LogP contribution in [0.3, 0.4) is 0 Å². The van der Waals surface area contributed by atoms with Gasteiger partial charge in [0.1, 0.15) is 6.07 Å². The number of nitrogens with zero attached hydrogens (tertiary/aromatic N) is 4. The van der Waals surface area contributed by atoms with Crippen molar-refractivity contribution in [2.45, 2.75) is 0 Å². The van der Waals surface area contributed by atoms with Gasteiger partial charge in [-0.05, 0) is 60.7 Å². The molecule has 0 amide bonds. The molecule has 0 fully saturated rings. The highest BCUT2D eigenvalue weighted by molar-refractivity contribution is 6.32. The molecular formula is C27H15ClN4. The Labute approximate surface area is 189 Å². The summed E-state index contributed by atoms with van der Waals surface area (Å²) in [6.45, 7) is 0. The summed E-state index contributed by atoms with van der Waals surface area (Å²) in [5.74, 6) is 0.542. The van der Waals surface area contributed by atoms with Crippen molar-refractivity contribution in [2.75, 3.05) is 0 Å². The number of para-hydroxylation sites is 2. The largest absolute Gasteiger partial charge is 0.309 e. The van der Waals surface area contributed by atoms with E-state index in [2.05, 4.69) is 50.9 Å². The monoisotopic (exact) mass is 430 g/mol. The molecule has 5 heteroatoms. The molecule has 0 saturated carbocycles. The maximum Gasteiger partial charge on any atom is 0.161 e. The van der Waals surface area contributed by atoms with Gasteiger partial charge in [-0.2, -0.15) is 5.26 Å². The zero-order valence-electron chi connectivity index (χ0n) is 16.8. The average Bonchev–Trinajstić information content (AvgIpc) is 3.17. The highest BCUT2D eigenvalue weighted by atomic mass is 35.5. The Morgan fingerprint density at radius 1 is 0.719 bits per heavy atom. The number of halogens is 1. The topological polar surface area (TPSA) is 54.5 Å². The zero-order chi connectivity index (χ0) is 21.7. The molecule has 0 aliphatic heterocycles. The molecule has 0 aliphatic rings. The van der Waals surface area contributed by atoms with Gasteiger partial charge in [0.25, 0.3) is 0 Å². The van der Waals surface area contributed by atoms with Gasteiger partial charge in [-0.15, -0.1) is 0 Å². The minimum Gasteiger partial charge on any atom is -0.309 e. The lowest BCUT2D eigenvalue weighted by molar-refractivity contribution is 1.17. The second-order valence-electron chi connectivity index (χ2n) is 7.59. The number of hydrogen-bond donors (Lipinski definition) is 0. The van der Waals surface area contributed by atoms with Crippen molar-refractivity contribution in [3.8, 4) is 23.1 Å². The second-order valence-corrected chi connectivity index (χ2v) is 8.02.